The third kappa shape index (κ3) is 4.85. The number of phenols is 1. The highest BCUT2D eigenvalue weighted by Gasteiger charge is 2.07. The summed E-state index contributed by atoms with van der Waals surface area (Å²) in [5, 5.41) is 13.7. The smallest absolute Gasteiger partial charge is 0.277 e. The Kier molecular flexibility index (Phi) is 6.42. The van der Waals surface area contributed by atoms with Gasteiger partial charge in [0.15, 0.2) is 18.1 Å². The number of methoxy groups -OCH3 is 1. The van der Waals surface area contributed by atoms with Gasteiger partial charge in [0.05, 0.1) is 16.9 Å². The molecular formula is C17H17IN2O4. The van der Waals surface area contributed by atoms with Gasteiger partial charge < -0.3 is 14.6 Å². The number of carbonyl (C=O) groups excluding carboxylic acids is 1. The zero-order valence-electron chi connectivity index (χ0n) is 13.2. The van der Waals surface area contributed by atoms with Crippen molar-refractivity contribution in [1.82, 2.24) is 5.43 Å². The first kappa shape index (κ1) is 18.1. The summed E-state index contributed by atoms with van der Waals surface area (Å²) in [6.45, 7) is 1.78. The SMILES string of the molecule is COc1cc(/C=N\NC(=O)COc2ccccc2C)cc(I)c1O. The van der Waals surface area contributed by atoms with Crippen LogP contribution in [-0.2, 0) is 4.79 Å². The van der Waals surface area contributed by atoms with Crippen LogP contribution in [0.4, 0.5) is 0 Å². The van der Waals surface area contributed by atoms with E-state index in [4.69, 9.17) is 9.47 Å². The van der Waals surface area contributed by atoms with Crippen molar-refractivity contribution < 1.29 is 19.4 Å². The van der Waals surface area contributed by atoms with Gasteiger partial charge in [0, 0.05) is 0 Å². The second-order valence-electron chi connectivity index (χ2n) is 4.90. The van der Waals surface area contributed by atoms with Crippen LogP contribution in [0.15, 0.2) is 41.5 Å². The number of ether oxygens (including phenoxy) is 2. The van der Waals surface area contributed by atoms with Crippen LogP contribution >= 0.6 is 22.6 Å². The molecule has 126 valence electrons. The summed E-state index contributed by atoms with van der Waals surface area (Å²) in [5.74, 6) is 0.716. The van der Waals surface area contributed by atoms with Crippen LogP contribution in [0.1, 0.15) is 11.1 Å². The summed E-state index contributed by atoms with van der Waals surface area (Å²) in [5.41, 5.74) is 4.04. The number of amides is 1. The zero-order valence-corrected chi connectivity index (χ0v) is 15.4. The predicted molar refractivity (Wildman–Crippen MR) is 99.8 cm³/mol. The number of aromatic hydroxyl groups is 1. The molecule has 0 saturated carbocycles. The third-order valence-corrected chi connectivity index (χ3v) is 3.95. The Hall–Kier alpha value is -2.29. The Morgan fingerprint density at radius 2 is 2.08 bits per heavy atom. The van der Waals surface area contributed by atoms with Gasteiger partial charge in [0.2, 0.25) is 0 Å². The van der Waals surface area contributed by atoms with E-state index in [0.717, 1.165) is 5.56 Å². The van der Waals surface area contributed by atoms with Crippen molar-refractivity contribution in [3.63, 3.8) is 0 Å². The van der Waals surface area contributed by atoms with Gasteiger partial charge in [0.25, 0.3) is 5.91 Å². The summed E-state index contributed by atoms with van der Waals surface area (Å²) in [7, 11) is 1.47. The molecule has 0 aromatic heterocycles. The van der Waals surface area contributed by atoms with Crippen LogP contribution < -0.4 is 14.9 Å². The molecule has 6 nitrogen and oxygen atoms in total. The third-order valence-electron chi connectivity index (χ3n) is 3.13. The van der Waals surface area contributed by atoms with Crippen molar-refractivity contribution in [2.24, 2.45) is 5.10 Å². The van der Waals surface area contributed by atoms with E-state index in [1.165, 1.54) is 13.3 Å². The quantitative estimate of drug-likeness (QED) is 0.412. The normalized spacial score (nSPS) is 10.6. The molecule has 0 aliphatic carbocycles. The number of benzene rings is 2. The lowest BCUT2D eigenvalue weighted by Gasteiger charge is -2.07. The van der Waals surface area contributed by atoms with Crippen LogP contribution in [0.5, 0.6) is 17.2 Å². The molecule has 24 heavy (non-hydrogen) atoms. The minimum absolute atomic E-state index is 0.0749. The lowest BCUT2D eigenvalue weighted by atomic mass is 10.2. The number of hydrogen-bond donors (Lipinski definition) is 2. The average Bonchev–Trinajstić information content (AvgIpc) is 2.57. The van der Waals surface area contributed by atoms with Crippen LogP contribution in [-0.4, -0.2) is 30.9 Å². The van der Waals surface area contributed by atoms with Crippen molar-refractivity contribution in [3.05, 3.63) is 51.1 Å². The van der Waals surface area contributed by atoms with E-state index >= 15 is 0 Å². The minimum atomic E-state index is -0.366. The van der Waals surface area contributed by atoms with Crippen molar-refractivity contribution >= 4 is 34.7 Å². The highest BCUT2D eigenvalue weighted by molar-refractivity contribution is 14.1. The molecule has 2 rings (SSSR count). The topological polar surface area (TPSA) is 80.2 Å². The van der Waals surface area contributed by atoms with Gasteiger partial charge in [-0.25, -0.2) is 5.43 Å². The Bertz CT molecular complexity index is 762. The van der Waals surface area contributed by atoms with E-state index in [9.17, 15) is 9.90 Å². The van der Waals surface area contributed by atoms with E-state index < -0.39 is 0 Å². The van der Waals surface area contributed by atoms with Crippen LogP contribution in [0.2, 0.25) is 0 Å². The molecule has 0 heterocycles. The molecule has 0 fully saturated rings. The number of rotatable bonds is 6. The summed E-state index contributed by atoms with van der Waals surface area (Å²) in [4.78, 5) is 11.7. The number of phenolic OH excluding ortho intramolecular Hbond substituents is 1. The molecule has 0 radical (unpaired) electrons. The van der Waals surface area contributed by atoms with Gasteiger partial charge in [-0.15, -0.1) is 0 Å². The number of aryl methyl sites for hydroxylation is 1. The molecule has 7 heteroatoms. The Morgan fingerprint density at radius 1 is 1.33 bits per heavy atom. The van der Waals surface area contributed by atoms with Gasteiger partial charge in [-0.1, -0.05) is 18.2 Å². The van der Waals surface area contributed by atoms with Gasteiger partial charge in [-0.3, -0.25) is 4.79 Å². The number of nitrogens with zero attached hydrogens (tertiary/aromatic N) is 1. The number of carbonyl (C=O) groups is 1. The fourth-order valence-corrected chi connectivity index (χ4v) is 2.52. The highest BCUT2D eigenvalue weighted by Crippen LogP contribution is 2.31. The molecule has 0 unspecified atom stereocenters. The fourth-order valence-electron chi connectivity index (χ4n) is 1.90. The summed E-state index contributed by atoms with van der Waals surface area (Å²) in [6, 6.07) is 10.8. The molecule has 2 N–H and O–H groups in total. The van der Waals surface area contributed by atoms with E-state index in [1.807, 2.05) is 47.7 Å². The lowest BCUT2D eigenvalue weighted by Crippen LogP contribution is -2.24. The van der Waals surface area contributed by atoms with Crippen molar-refractivity contribution in [3.8, 4) is 17.2 Å². The molecule has 0 aliphatic rings. The van der Waals surface area contributed by atoms with E-state index in [2.05, 4.69) is 10.5 Å². The molecule has 0 atom stereocenters. The predicted octanol–water partition coefficient (Wildman–Crippen LogP) is 2.84. The van der Waals surface area contributed by atoms with Crippen molar-refractivity contribution in [2.45, 2.75) is 6.92 Å². The molecule has 2 aromatic carbocycles. The number of para-hydroxylation sites is 1. The standard InChI is InChI=1S/C17H17IN2O4/c1-11-5-3-4-6-14(11)24-10-16(21)20-19-9-12-7-13(18)17(22)15(8-12)23-2/h3-9,22H,10H2,1-2H3,(H,20,21)/b19-9-. The number of hydrazone groups is 1. The first-order valence-corrected chi connectivity index (χ1v) is 8.16. The fraction of sp³-hybridized carbons (Fsp3) is 0.176. The summed E-state index contributed by atoms with van der Waals surface area (Å²) < 4.78 is 11.1. The first-order valence-electron chi connectivity index (χ1n) is 7.08. The van der Waals surface area contributed by atoms with Gasteiger partial charge in [-0.05, 0) is 58.8 Å². The maximum Gasteiger partial charge on any atom is 0.277 e. The minimum Gasteiger partial charge on any atom is -0.504 e. The zero-order chi connectivity index (χ0) is 17.5. The second kappa shape index (κ2) is 8.53. The molecule has 0 bridgehead atoms. The summed E-state index contributed by atoms with van der Waals surface area (Å²) in [6.07, 6.45) is 1.47. The van der Waals surface area contributed by atoms with E-state index in [1.54, 1.807) is 18.2 Å². The molecule has 0 aliphatic heterocycles. The van der Waals surface area contributed by atoms with Crippen molar-refractivity contribution in [2.75, 3.05) is 13.7 Å². The highest BCUT2D eigenvalue weighted by atomic mass is 127. The monoisotopic (exact) mass is 440 g/mol. The molecule has 2 aromatic rings. The lowest BCUT2D eigenvalue weighted by molar-refractivity contribution is -0.123. The maximum absolute atomic E-state index is 11.7. The summed E-state index contributed by atoms with van der Waals surface area (Å²) >= 11 is 1.99. The molecule has 0 spiro atoms. The van der Waals surface area contributed by atoms with Crippen molar-refractivity contribution in [1.29, 1.82) is 0 Å². The second-order valence-corrected chi connectivity index (χ2v) is 6.06. The Morgan fingerprint density at radius 3 is 2.79 bits per heavy atom. The van der Waals surface area contributed by atoms with Gasteiger partial charge in [-0.2, -0.15) is 5.10 Å². The van der Waals surface area contributed by atoms with Crippen LogP contribution in [0, 0.1) is 10.5 Å². The number of nitrogens with one attached hydrogen (secondary N) is 1. The molecular weight excluding hydrogens is 423 g/mol. The molecule has 0 saturated heterocycles. The largest absolute Gasteiger partial charge is 0.504 e. The van der Waals surface area contributed by atoms with Gasteiger partial charge in [0.1, 0.15) is 5.75 Å². The van der Waals surface area contributed by atoms with Crippen LogP contribution in [0.25, 0.3) is 0 Å². The number of hydrogen-bond acceptors (Lipinski definition) is 5. The van der Waals surface area contributed by atoms with E-state index in [0.29, 0.717) is 20.6 Å². The Labute approximate surface area is 153 Å². The Balaban J connectivity index is 1.91. The average molecular weight is 440 g/mol. The first-order chi connectivity index (χ1) is 11.5. The maximum atomic E-state index is 11.7. The van der Waals surface area contributed by atoms with E-state index in [-0.39, 0.29) is 18.3 Å². The van der Waals surface area contributed by atoms with Crippen LogP contribution in [0.3, 0.4) is 0 Å². The number of halogens is 1. The van der Waals surface area contributed by atoms with Gasteiger partial charge >= 0.3 is 0 Å². The molecule has 1 amide bonds.